The Labute approximate surface area is 170 Å². The molecule has 2 heterocycles. The quantitative estimate of drug-likeness (QED) is 0.651. The number of morpholine rings is 1. The first kappa shape index (κ1) is 19.4. The summed E-state index contributed by atoms with van der Waals surface area (Å²) in [6.45, 7) is 3.37. The molecule has 1 unspecified atom stereocenters. The monoisotopic (exact) mass is 390 g/mol. The number of carbonyl (C=O) groups excluding carboxylic acids is 1. The Bertz CT molecular complexity index is 916. The fourth-order valence-electron chi connectivity index (χ4n) is 3.57. The number of hydrogen-bond acceptors (Lipinski definition) is 4. The van der Waals surface area contributed by atoms with E-state index in [4.69, 9.17) is 4.74 Å². The molecule has 150 valence electrons. The lowest BCUT2D eigenvalue weighted by Gasteiger charge is -2.23. The maximum atomic E-state index is 12.3. The third-order valence-electron chi connectivity index (χ3n) is 5.09. The second-order valence-electron chi connectivity index (χ2n) is 7.26. The Morgan fingerprint density at radius 3 is 2.79 bits per heavy atom. The maximum absolute atomic E-state index is 12.3. The molecule has 4 rings (SSSR count). The van der Waals surface area contributed by atoms with E-state index in [1.165, 1.54) is 5.56 Å². The van der Waals surface area contributed by atoms with Crippen LogP contribution in [0.5, 0.6) is 0 Å². The van der Waals surface area contributed by atoms with Gasteiger partial charge in [0, 0.05) is 37.9 Å². The molecule has 29 heavy (non-hydrogen) atoms. The zero-order chi connectivity index (χ0) is 19.9. The molecule has 3 aromatic rings. The smallest absolute Gasteiger partial charge is 0.221 e. The minimum atomic E-state index is 0.0392. The number of benzene rings is 2. The van der Waals surface area contributed by atoms with E-state index in [0.717, 1.165) is 29.8 Å². The van der Waals surface area contributed by atoms with Crippen LogP contribution in [0.4, 0.5) is 0 Å². The van der Waals surface area contributed by atoms with E-state index >= 15 is 0 Å². The third kappa shape index (κ3) is 5.31. The molecule has 1 fully saturated rings. The molecule has 1 atom stereocenters. The molecule has 2 aromatic carbocycles. The van der Waals surface area contributed by atoms with Gasteiger partial charge >= 0.3 is 0 Å². The molecule has 1 saturated heterocycles. The van der Waals surface area contributed by atoms with E-state index in [1.807, 2.05) is 29.1 Å². The number of rotatable bonds is 7. The lowest BCUT2D eigenvalue weighted by molar-refractivity contribution is -0.122. The van der Waals surface area contributed by atoms with Crippen LogP contribution in [0.25, 0.3) is 11.1 Å². The summed E-state index contributed by atoms with van der Waals surface area (Å²) in [4.78, 5) is 12.3. The van der Waals surface area contributed by atoms with Crippen molar-refractivity contribution in [2.24, 2.45) is 0 Å². The SMILES string of the molecule is O=C(CC1COCCN1)NCc1ccccc1-c1ccc(Cn2cccn2)cc1. The van der Waals surface area contributed by atoms with Gasteiger partial charge in [0.25, 0.3) is 0 Å². The minimum Gasteiger partial charge on any atom is -0.378 e. The summed E-state index contributed by atoms with van der Waals surface area (Å²) in [5.74, 6) is 0.0392. The van der Waals surface area contributed by atoms with E-state index in [1.54, 1.807) is 6.20 Å². The predicted molar refractivity (Wildman–Crippen MR) is 112 cm³/mol. The highest BCUT2D eigenvalue weighted by atomic mass is 16.5. The summed E-state index contributed by atoms with van der Waals surface area (Å²) in [7, 11) is 0. The molecule has 0 aliphatic carbocycles. The van der Waals surface area contributed by atoms with Crippen molar-refractivity contribution in [1.82, 2.24) is 20.4 Å². The number of carbonyl (C=O) groups is 1. The fourth-order valence-corrected chi connectivity index (χ4v) is 3.57. The van der Waals surface area contributed by atoms with Gasteiger partial charge in [-0.15, -0.1) is 0 Å². The Morgan fingerprint density at radius 2 is 2.03 bits per heavy atom. The average Bonchev–Trinajstić information content (AvgIpc) is 3.27. The molecule has 0 spiro atoms. The van der Waals surface area contributed by atoms with Crippen molar-refractivity contribution in [3.8, 4) is 11.1 Å². The van der Waals surface area contributed by atoms with Crippen LogP contribution in [0.1, 0.15) is 17.5 Å². The van der Waals surface area contributed by atoms with Crippen LogP contribution >= 0.6 is 0 Å². The Kier molecular flexibility index (Phi) is 6.34. The largest absolute Gasteiger partial charge is 0.378 e. The first-order chi connectivity index (χ1) is 14.3. The maximum Gasteiger partial charge on any atom is 0.221 e. The summed E-state index contributed by atoms with van der Waals surface area (Å²) < 4.78 is 7.32. The molecule has 1 amide bonds. The van der Waals surface area contributed by atoms with Crippen LogP contribution in [0.15, 0.2) is 67.0 Å². The molecule has 0 radical (unpaired) electrons. The van der Waals surface area contributed by atoms with Gasteiger partial charge < -0.3 is 15.4 Å². The summed E-state index contributed by atoms with van der Waals surface area (Å²) in [6.07, 6.45) is 4.18. The van der Waals surface area contributed by atoms with Gasteiger partial charge in [0.05, 0.1) is 19.8 Å². The summed E-state index contributed by atoms with van der Waals surface area (Å²) in [5.41, 5.74) is 4.58. The van der Waals surface area contributed by atoms with Crippen LogP contribution in [-0.4, -0.2) is 41.5 Å². The fraction of sp³-hybridized carbons (Fsp3) is 0.304. The van der Waals surface area contributed by atoms with E-state index < -0.39 is 0 Å². The van der Waals surface area contributed by atoms with Gasteiger partial charge in [-0.1, -0.05) is 48.5 Å². The zero-order valence-corrected chi connectivity index (χ0v) is 16.4. The topological polar surface area (TPSA) is 68.2 Å². The predicted octanol–water partition coefficient (Wildman–Crippen LogP) is 2.59. The van der Waals surface area contributed by atoms with Gasteiger partial charge in [0.1, 0.15) is 0 Å². The molecule has 1 aliphatic heterocycles. The van der Waals surface area contributed by atoms with Crippen molar-refractivity contribution < 1.29 is 9.53 Å². The summed E-state index contributed by atoms with van der Waals surface area (Å²) >= 11 is 0. The van der Waals surface area contributed by atoms with Crippen LogP contribution in [-0.2, 0) is 22.6 Å². The van der Waals surface area contributed by atoms with Gasteiger partial charge in [0.2, 0.25) is 5.91 Å². The van der Waals surface area contributed by atoms with Crippen molar-refractivity contribution in [3.63, 3.8) is 0 Å². The van der Waals surface area contributed by atoms with Crippen molar-refractivity contribution in [1.29, 1.82) is 0 Å². The number of nitrogens with one attached hydrogen (secondary N) is 2. The van der Waals surface area contributed by atoms with Gasteiger partial charge in [-0.05, 0) is 28.3 Å². The van der Waals surface area contributed by atoms with Crippen molar-refractivity contribution >= 4 is 5.91 Å². The standard InChI is InChI=1S/C23H26N4O2/c28-23(14-21-17-29-13-11-24-21)25-15-20-4-1-2-5-22(20)19-8-6-18(7-9-19)16-27-12-3-10-26-27/h1-10,12,21,24H,11,13-17H2,(H,25,28). The molecular formula is C23H26N4O2. The first-order valence-electron chi connectivity index (χ1n) is 10.0. The van der Waals surface area contributed by atoms with E-state index in [9.17, 15) is 4.79 Å². The Balaban J connectivity index is 1.39. The highest BCUT2D eigenvalue weighted by molar-refractivity contribution is 5.77. The molecule has 0 saturated carbocycles. The molecule has 6 nitrogen and oxygen atoms in total. The van der Waals surface area contributed by atoms with Crippen molar-refractivity contribution in [3.05, 3.63) is 78.1 Å². The number of nitrogens with zero attached hydrogens (tertiary/aromatic N) is 2. The number of aromatic nitrogens is 2. The van der Waals surface area contributed by atoms with Crippen molar-refractivity contribution in [2.45, 2.75) is 25.6 Å². The van der Waals surface area contributed by atoms with Gasteiger partial charge in [-0.3, -0.25) is 9.48 Å². The van der Waals surface area contributed by atoms with Gasteiger partial charge in [-0.2, -0.15) is 5.10 Å². The molecule has 6 heteroatoms. The lowest BCUT2D eigenvalue weighted by Crippen LogP contribution is -2.44. The highest BCUT2D eigenvalue weighted by Crippen LogP contribution is 2.24. The second-order valence-corrected chi connectivity index (χ2v) is 7.26. The number of amides is 1. The Hall–Kier alpha value is -2.96. The minimum absolute atomic E-state index is 0.0392. The van der Waals surface area contributed by atoms with Crippen molar-refractivity contribution in [2.75, 3.05) is 19.8 Å². The summed E-state index contributed by atoms with van der Waals surface area (Å²) in [5, 5.41) is 10.6. The molecular weight excluding hydrogens is 364 g/mol. The third-order valence-corrected chi connectivity index (χ3v) is 5.09. The zero-order valence-electron chi connectivity index (χ0n) is 16.4. The first-order valence-corrected chi connectivity index (χ1v) is 10.0. The van der Waals surface area contributed by atoms with Gasteiger partial charge in [-0.25, -0.2) is 0 Å². The molecule has 1 aromatic heterocycles. The van der Waals surface area contributed by atoms with E-state index in [-0.39, 0.29) is 11.9 Å². The van der Waals surface area contributed by atoms with Crippen LogP contribution in [0.2, 0.25) is 0 Å². The Morgan fingerprint density at radius 1 is 1.17 bits per heavy atom. The molecule has 2 N–H and O–H groups in total. The van der Waals surface area contributed by atoms with Crippen LogP contribution < -0.4 is 10.6 Å². The highest BCUT2D eigenvalue weighted by Gasteiger charge is 2.17. The normalized spacial score (nSPS) is 16.5. The van der Waals surface area contributed by atoms with E-state index in [0.29, 0.717) is 26.2 Å². The summed E-state index contributed by atoms with van der Waals surface area (Å²) in [6, 6.07) is 18.7. The number of hydrogen-bond donors (Lipinski definition) is 2. The van der Waals surface area contributed by atoms with E-state index in [2.05, 4.69) is 52.1 Å². The van der Waals surface area contributed by atoms with Gasteiger partial charge in [0.15, 0.2) is 0 Å². The lowest BCUT2D eigenvalue weighted by atomic mass is 9.98. The van der Waals surface area contributed by atoms with Crippen LogP contribution in [0, 0.1) is 0 Å². The molecule has 1 aliphatic rings. The average molecular weight is 390 g/mol. The molecule has 0 bridgehead atoms. The second kappa shape index (κ2) is 9.49. The number of ether oxygens (including phenoxy) is 1. The van der Waals surface area contributed by atoms with Crippen LogP contribution in [0.3, 0.4) is 0 Å².